The molecular formula is C19H21N5O4. The molecule has 0 radical (unpaired) electrons. The van der Waals surface area contributed by atoms with E-state index in [9.17, 15) is 19.7 Å². The van der Waals surface area contributed by atoms with Crippen LogP contribution in [0.5, 0.6) is 0 Å². The minimum atomic E-state index is -0.982. The van der Waals surface area contributed by atoms with Gasteiger partial charge in [0.15, 0.2) is 6.04 Å². The molecule has 0 bridgehead atoms. The summed E-state index contributed by atoms with van der Waals surface area (Å²) in [6.07, 6.45) is 2.95. The monoisotopic (exact) mass is 383 g/mol. The van der Waals surface area contributed by atoms with Gasteiger partial charge in [-0.2, -0.15) is 5.10 Å². The SMILES string of the molecule is CC1=CC(=O)N(c2ccc([N+](=O)[O-])cc2)C(C(=O)NC(C)(C)C)c2ccnn21. The Bertz CT molecular complexity index is 969. The Morgan fingerprint density at radius 1 is 1.21 bits per heavy atom. The second-order valence-electron chi connectivity index (χ2n) is 7.58. The molecule has 3 rings (SSSR count). The van der Waals surface area contributed by atoms with E-state index >= 15 is 0 Å². The number of nitrogens with one attached hydrogen (secondary N) is 1. The Hall–Kier alpha value is -3.49. The van der Waals surface area contributed by atoms with Crippen LogP contribution < -0.4 is 10.2 Å². The number of aromatic nitrogens is 2. The molecule has 146 valence electrons. The summed E-state index contributed by atoms with van der Waals surface area (Å²) >= 11 is 0. The van der Waals surface area contributed by atoms with Gasteiger partial charge >= 0.3 is 0 Å². The van der Waals surface area contributed by atoms with Gasteiger partial charge in [0.2, 0.25) is 5.91 Å². The number of fused-ring (bicyclic) bond motifs is 1. The average Bonchev–Trinajstić information content (AvgIpc) is 3.03. The van der Waals surface area contributed by atoms with E-state index < -0.39 is 22.4 Å². The molecule has 1 aliphatic rings. The van der Waals surface area contributed by atoms with Gasteiger partial charge in [0.25, 0.3) is 11.6 Å². The molecule has 1 aromatic heterocycles. The Morgan fingerprint density at radius 3 is 2.43 bits per heavy atom. The summed E-state index contributed by atoms with van der Waals surface area (Å²) in [7, 11) is 0. The second kappa shape index (κ2) is 6.91. The van der Waals surface area contributed by atoms with E-state index in [1.807, 2.05) is 20.8 Å². The molecule has 2 aromatic rings. The van der Waals surface area contributed by atoms with Crippen molar-refractivity contribution in [2.75, 3.05) is 4.90 Å². The molecule has 0 fully saturated rings. The zero-order valence-corrected chi connectivity index (χ0v) is 16.0. The summed E-state index contributed by atoms with van der Waals surface area (Å²) in [5.41, 5.74) is 0.866. The van der Waals surface area contributed by atoms with Gasteiger partial charge < -0.3 is 5.32 Å². The standard InChI is InChI=1S/C19H21N5O4/c1-12-11-16(25)22(13-5-7-14(8-6-13)24(27)28)17(15-9-10-20-23(12)15)18(26)21-19(2,3)4/h5-11,17H,1-4H3,(H,21,26). The van der Waals surface area contributed by atoms with Gasteiger partial charge in [-0.15, -0.1) is 0 Å². The molecule has 9 heteroatoms. The lowest BCUT2D eigenvalue weighted by Crippen LogP contribution is -2.49. The van der Waals surface area contributed by atoms with Crippen LogP contribution in [0.15, 0.2) is 42.6 Å². The van der Waals surface area contributed by atoms with E-state index in [-0.39, 0.29) is 11.6 Å². The van der Waals surface area contributed by atoms with Crippen LogP contribution in [0.2, 0.25) is 0 Å². The van der Waals surface area contributed by atoms with Crippen molar-refractivity contribution in [3.05, 3.63) is 58.4 Å². The number of anilines is 1. The molecule has 0 saturated heterocycles. The third kappa shape index (κ3) is 3.64. The largest absolute Gasteiger partial charge is 0.349 e. The summed E-state index contributed by atoms with van der Waals surface area (Å²) in [4.78, 5) is 37.9. The molecule has 2 heterocycles. The molecule has 1 unspecified atom stereocenters. The number of benzene rings is 1. The third-order valence-corrected chi connectivity index (χ3v) is 4.20. The topological polar surface area (TPSA) is 110 Å². The predicted octanol–water partition coefficient (Wildman–Crippen LogP) is 2.65. The maximum absolute atomic E-state index is 13.2. The second-order valence-corrected chi connectivity index (χ2v) is 7.58. The van der Waals surface area contributed by atoms with Crippen LogP contribution in [-0.2, 0) is 9.59 Å². The maximum Gasteiger partial charge on any atom is 0.269 e. The lowest BCUT2D eigenvalue weighted by Gasteiger charge is -2.31. The van der Waals surface area contributed by atoms with Crippen LogP contribution in [0.25, 0.3) is 5.70 Å². The van der Waals surface area contributed by atoms with Crippen LogP contribution in [0.3, 0.4) is 0 Å². The molecular weight excluding hydrogens is 362 g/mol. The van der Waals surface area contributed by atoms with Crippen LogP contribution in [-0.4, -0.2) is 32.1 Å². The van der Waals surface area contributed by atoms with Crippen molar-refractivity contribution in [3.8, 4) is 0 Å². The van der Waals surface area contributed by atoms with E-state index in [4.69, 9.17) is 0 Å². The van der Waals surface area contributed by atoms with Crippen molar-refractivity contribution < 1.29 is 14.5 Å². The number of carbonyl (C=O) groups is 2. The molecule has 28 heavy (non-hydrogen) atoms. The van der Waals surface area contributed by atoms with Crippen molar-refractivity contribution >= 4 is 28.9 Å². The highest BCUT2D eigenvalue weighted by Crippen LogP contribution is 2.33. The minimum Gasteiger partial charge on any atom is -0.349 e. The molecule has 1 N–H and O–H groups in total. The summed E-state index contributed by atoms with van der Waals surface area (Å²) in [5, 5.41) is 18.1. The van der Waals surface area contributed by atoms with E-state index in [0.717, 1.165) is 0 Å². The van der Waals surface area contributed by atoms with Crippen molar-refractivity contribution in [1.29, 1.82) is 0 Å². The van der Waals surface area contributed by atoms with Crippen molar-refractivity contribution in [2.24, 2.45) is 0 Å². The number of amides is 2. The van der Waals surface area contributed by atoms with Crippen molar-refractivity contribution in [1.82, 2.24) is 15.1 Å². The fourth-order valence-electron chi connectivity index (χ4n) is 3.08. The van der Waals surface area contributed by atoms with Crippen LogP contribution in [0.1, 0.15) is 39.4 Å². The number of nitro benzene ring substituents is 1. The normalized spacial score (nSPS) is 16.9. The van der Waals surface area contributed by atoms with E-state index in [0.29, 0.717) is 17.1 Å². The molecule has 0 aliphatic carbocycles. The van der Waals surface area contributed by atoms with E-state index in [2.05, 4.69) is 10.4 Å². The van der Waals surface area contributed by atoms with Gasteiger partial charge in [-0.1, -0.05) is 0 Å². The number of non-ortho nitro benzene ring substituents is 1. The Balaban J connectivity index is 2.14. The molecule has 2 amide bonds. The van der Waals surface area contributed by atoms with Gasteiger partial charge in [0.1, 0.15) is 0 Å². The van der Waals surface area contributed by atoms with Crippen LogP contribution in [0, 0.1) is 10.1 Å². The number of nitrogens with zero attached hydrogens (tertiary/aromatic N) is 4. The smallest absolute Gasteiger partial charge is 0.269 e. The predicted molar refractivity (Wildman–Crippen MR) is 103 cm³/mol. The molecule has 0 spiro atoms. The minimum absolute atomic E-state index is 0.0986. The van der Waals surface area contributed by atoms with Crippen molar-refractivity contribution in [2.45, 2.75) is 39.3 Å². The van der Waals surface area contributed by atoms with E-state index in [1.165, 1.54) is 35.2 Å². The number of hydrogen-bond acceptors (Lipinski definition) is 5. The van der Waals surface area contributed by atoms with Gasteiger partial charge in [-0.3, -0.25) is 24.6 Å². The zero-order valence-electron chi connectivity index (χ0n) is 16.0. The number of allylic oxidation sites excluding steroid dienone is 1. The van der Waals surface area contributed by atoms with Gasteiger partial charge in [0, 0.05) is 41.3 Å². The molecule has 1 aromatic carbocycles. The third-order valence-electron chi connectivity index (χ3n) is 4.20. The number of nitro groups is 1. The zero-order chi connectivity index (χ0) is 20.6. The summed E-state index contributed by atoms with van der Waals surface area (Å²) < 4.78 is 1.55. The summed E-state index contributed by atoms with van der Waals surface area (Å²) in [5.74, 6) is -0.782. The molecule has 0 saturated carbocycles. The number of carbonyl (C=O) groups excluding carboxylic acids is 2. The van der Waals surface area contributed by atoms with Crippen LogP contribution in [0.4, 0.5) is 11.4 Å². The number of rotatable bonds is 3. The van der Waals surface area contributed by atoms with Gasteiger partial charge in [0.05, 0.1) is 10.6 Å². The lowest BCUT2D eigenvalue weighted by atomic mass is 10.1. The first-order chi connectivity index (χ1) is 13.1. The Labute approximate surface area is 161 Å². The molecule has 1 atom stereocenters. The van der Waals surface area contributed by atoms with Crippen molar-refractivity contribution in [3.63, 3.8) is 0 Å². The Kier molecular flexibility index (Phi) is 4.76. The van der Waals surface area contributed by atoms with Gasteiger partial charge in [-0.05, 0) is 45.9 Å². The number of hydrogen-bond donors (Lipinski definition) is 1. The Morgan fingerprint density at radius 2 is 1.86 bits per heavy atom. The van der Waals surface area contributed by atoms with Crippen LogP contribution >= 0.6 is 0 Å². The fourth-order valence-corrected chi connectivity index (χ4v) is 3.08. The highest BCUT2D eigenvalue weighted by Gasteiger charge is 2.38. The summed E-state index contributed by atoms with van der Waals surface area (Å²) in [6, 6.07) is 6.23. The highest BCUT2D eigenvalue weighted by atomic mass is 16.6. The maximum atomic E-state index is 13.2. The first kappa shape index (κ1) is 19.3. The molecule has 9 nitrogen and oxygen atoms in total. The first-order valence-corrected chi connectivity index (χ1v) is 8.71. The van der Waals surface area contributed by atoms with Gasteiger partial charge in [-0.25, -0.2) is 4.68 Å². The average molecular weight is 383 g/mol. The first-order valence-electron chi connectivity index (χ1n) is 8.71. The summed E-state index contributed by atoms with van der Waals surface area (Å²) in [6.45, 7) is 7.27. The quantitative estimate of drug-likeness (QED) is 0.647. The highest BCUT2D eigenvalue weighted by molar-refractivity contribution is 6.09. The van der Waals surface area contributed by atoms with E-state index in [1.54, 1.807) is 23.9 Å². The fraction of sp³-hybridized carbons (Fsp3) is 0.316. The molecule has 1 aliphatic heterocycles. The lowest BCUT2D eigenvalue weighted by molar-refractivity contribution is -0.384.